The fourth-order valence-electron chi connectivity index (χ4n) is 2.89. The van der Waals surface area contributed by atoms with Crippen LogP contribution in [0.15, 0.2) is 82.2 Å². The van der Waals surface area contributed by atoms with E-state index in [0.29, 0.717) is 5.69 Å². The van der Waals surface area contributed by atoms with E-state index in [1.54, 1.807) is 18.2 Å². The van der Waals surface area contributed by atoms with Crippen molar-refractivity contribution in [1.82, 2.24) is 4.72 Å². The normalized spacial score (nSPS) is 12.4. The number of sulfonamides is 1. The van der Waals surface area contributed by atoms with Crippen LogP contribution in [-0.2, 0) is 21.2 Å². The van der Waals surface area contributed by atoms with Crippen LogP contribution in [0.2, 0.25) is 0 Å². The maximum Gasteiger partial charge on any atom is 0.242 e. The Hall–Kier alpha value is -1.75. The van der Waals surface area contributed by atoms with Gasteiger partial charge < -0.3 is 5.32 Å². The first-order valence-electron chi connectivity index (χ1n) is 9.13. The van der Waals surface area contributed by atoms with Crippen LogP contribution in [0.5, 0.6) is 0 Å². The summed E-state index contributed by atoms with van der Waals surface area (Å²) in [6, 6.07) is 20.3. The number of amides is 1. The van der Waals surface area contributed by atoms with Crippen LogP contribution in [0.25, 0.3) is 0 Å². The van der Waals surface area contributed by atoms with Gasteiger partial charge in [0.05, 0.1) is 4.90 Å². The quantitative estimate of drug-likeness (QED) is 0.380. The number of anilines is 1. The number of hydrogen-bond acceptors (Lipinski definition) is 3. The predicted molar refractivity (Wildman–Crippen MR) is 131 cm³/mol. The number of halogens is 2. The Bertz CT molecular complexity index is 1140. The molecule has 0 aliphatic heterocycles. The van der Waals surface area contributed by atoms with E-state index < -0.39 is 22.0 Å². The van der Waals surface area contributed by atoms with Crippen molar-refractivity contribution in [3.8, 4) is 0 Å². The summed E-state index contributed by atoms with van der Waals surface area (Å²) >= 11 is 5.51. The predicted octanol–water partition coefficient (Wildman–Crippen LogP) is 4.89. The summed E-state index contributed by atoms with van der Waals surface area (Å²) in [7, 11) is -3.87. The molecule has 0 unspecified atom stereocenters. The van der Waals surface area contributed by atoms with Gasteiger partial charge in [0.15, 0.2) is 0 Å². The zero-order chi connectivity index (χ0) is 21.7. The van der Waals surface area contributed by atoms with Gasteiger partial charge in [-0.2, -0.15) is 4.72 Å². The zero-order valence-corrected chi connectivity index (χ0v) is 20.7. The lowest BCUT2D eigenvalue weighted by Gasteiger charge is -2.19. The van der Waals surface area contributed by atoms with Gasteiger partial charge in [0.25, 0.3) is 0 Å². The van der Waals surface area contributed by atoms with Crippen LogP contribution in [-0.4, -0.2) is 20.4 Å². The van der Waals surface area contributed by atoms with E-state index in [9.17, 15) is 13.2 Å². The summed E-state index contributed by atoms with van der Waals surface area (Å²) < 4.78 is 30.2. The summed E-state index contributed by atoms with van der Waals surface area (Å²) in [5.74, 6) is -0.418. The molecule has 0 aliphatic carbocycles. The molecule has 8 heteroatoms. The number of carbonyl (C=O) groups is 1. The number of nitrogens with one attached hydrogen (secondary N) is 2. The fourth-order valence-corrected chi connectivity index (χ4v) is 4.92. The number of benzene rings is 3. The van der Waals surface area contributed by atoms with E-state index in [1.165, 1.54) is 12.1 Å². The Morgan fingerprint density at radius 3 is 2.33 bits per heavy atom. The van der Waals surface area contributed by atoms with Crippen LogP contribution in [0.1, 0.15) is 11.1 Å². The lowest BCUT2D eigenvalue weighted by atomic mass is 10.1. The van der Waals surface area contributed by atoms with Gasteiger partial charge in [0.2, 0.25) is 15.9 Å². The summed E-state index contributed by atoms with van der Waals surface area (Å²) in [5.41, 5.74) is 2.36. The number of carbonyl (C=O) groups excluding carboxylic acids is 1. The minimum absolute atomic E-state index is 0.119. The highest BCUT2D eigenvalue weighted by Gasteiger charge is 2.26. The maximum atomic E-state index is 13.1. The molecule has 0 saturated heterocycles. The molecule has 1 atom stereocenters. The van der Waals surface area contributed by atoms with Gasteiger partial charge in [-0.25, -0.2) is 8.42 Å². The van der Waals surface area contributed by atoms with Gasteiger partial charge in [-0.3, -0.25) is 4.79 Å². The Labute approximate surface area is 198 Å². The Balaban J connectivity index is 1.87. The topological polar surface area (TPSA) is 75.3 Å². The number of hydrogen-bond donors (Lipinski definition) is 2. The second-order valence-corrected chi connectivity index (χ2v) is 10.6. The molecule has 3 rings (SSSR count). The molecule has 30 heavy (non-hydrogen) atoms. The van der Waals surface area contributed by atoms with Gasteiger partial charge in [0, 0.05) is 13.7 Å². The summed E-state index contributed by atoms with van der Waals surface area (Å²) in [6.45, 7) is 1.88. The highest BCUT2D eigenvalue weighted by molar-refractivity contribution is 14.1. The molecule has 1 amide bonds. The second kappa shape index (κ2) is 10.0. The Morgan fingerprint density at radius 1 is 1.03 bits per heavy atom. The van der Waals surface area contributed by atoms with Crippen molar-refractivity contribution < 1.29 is 13.2 Å². The van der Waals surface area contributed by atoms with Gasteiger partial charge >= 0.3 is 0 Å². The van der Waals surface area contributed by atoms with Crippen molar-refractivity contribution in [2.75, 3.05) is 5.32 Å². The first-order valence-corrected chi connectivity index (χ1v) is 12.5. The van der Waals surface area contributed by atoms with Crippen LogP contribution in [0.3, 0.4) is 0 Å². The molecule has 0 spiro atoms. The van der Waals surface area contributed by atoms with E-state index in [-0.39, 0.29) is 11.3 Å². The third-order valence-corrected chi connectivity index (χ3v) is 7.17. The summed E-state index contributed by atoms with van der Waals surface area (Å²) in [6.07, 6.45) is 0.228. The maximum absolute atomic E-state index is 13.1. The molecule has 0 aliphatic rings. The Morgan fingerprint density at radius 2 is 1.70 bits per heavy atom. The van der Waals surface area contributed by atoms with E-state index in [2.05, 4.69) is 48.6 Å². The standard InChI is InChI=1S/C22H20BrIN2O3S/c1-15-13-17(23)7-12-20(15)25-22(27)21(14-16-5-3-2-4-6-16)26-30(28,29)19-10-8-18(24)9-11-19/h2-13,21,26H,14H2,1H3,(H,25,27)/t21-/m1/s1. The van der Waals surface area contributed by atoms with E-state index >= 15 is 0 Å². The van der Waals surface area contributed by atoms with Crippen molar-refractivity contribution >= 4 is 60.1 Å². The molecule has 0 radical (unpaired) electrons. The molecule has 0 fully saturated rings. The van der Waals surface area contributed by atoms with Crippen LogP contribution < -0.4 is 10.0 Å². The average molecular weight is 599 g/mol. The van der Waals surface area contributed by atoms with Crippen LogP contribution >= 0.6 is 38.5 Å². The van der Waals surface area contributed by atoms with Crippen LogP contribution in [0.4, 0.5) is 5.69 Å². The highest BCUT2D eigenvalue weighted by atomic mass is 127. The molecule has 0 heterocycles. The number of aryl methyl sites for hydroxylation is 1. The summed E-state index contributed by atoms with van der Waals surface area (Å²) in [4.78, 5) is 13.2. The molecular formula is C22H20BrIN2O3S. The molecule has 0 bridgehead atoms. The molecule has 156 valence electrons. The second-order valence-electron chi connectivity index (χ2n) is 6.77. The molecule has 0 aromatic heterocycles. The van der Waals surface area contributed by atoms with E-state index in [0.717, 1.165) is 19.2 Å². The minimum atomic E-state index is -3.87. The SMILES string of the molecule is Cc1cc(Br)ccc1NC(=O)[C@@H](Cc1ccccc1)NS(=O)(=O)c1ccc(I)cc1. The smallest absolute Gasteiger partial charge is 0.242 e. The van der Waals surface area contributed by atoms with Gasteiger partial charge in [-0.1, -0.05) is 46.3 Å². The van der Waals surface area contributed by atoms with Gasteiger partial charge in [-0.05, 0) is 89.5 Å². The molecule has 3 aromatic rings. The largest absolute Gasteiger partial charge is 0.324 e. The van der Waals surface area contributed by atoms with E-state index in [1.807, 2.05) is 49.4 Å². The van der Waals surface area contributed by atoms with Crippen LogP contribution in [0, 0.1) is 10.5 Å². The lowest BCUT2D eigenvalue weighted by Crippen LogP contribution is -2.45. The van der Waals surface area contributed by atoms with Crippen molar-refractivity contribution in [3.63, 3.8) is 0 Å². The van der Waals surface area contributed by atoms with Crippen molar-refractivity contribution in [3.05, 3.63) is 92.0 Å². The zero-order valence-electron chi connectivity index (χ0n) is 16.1. The molecular weight excluding hydrogens is 579 g/mol. The fraction of sp³-hybridized carbons (Fsp3) is 0.136. The molecule has 5 nitrogen and oxygen atoms in total. The van der Waals surface area contributed by atoms with Crippen molar-refractivity contribution in [2.24, 2.45) is 0 Å². The first kappa shape index (κ1) is 22.9. The minimum Gasteiger partial charge on any atom is -0.324 e. The van der Waals surface area contributed by atoms with Crippen molar-refractivity contribution in [1.29, 1.82) is 0 Å². The lowest BCUT2D eigenvalue weighted by molar-refractivity contribution is -0.117. The van der Waals surface area contributed by atoms with Gasteiger partial charge in [-0.15, -0.1) is 0 Å². The Kier molecular flexibility index (Phi) is 7.67. The summed E-state index contributed by atoms with van der Waals surface area (Å²) in [5, 5.41) is 2.85. The third-order valence-electron chi connectivity index (χ3n) is 4.47. The first-order chi connectivity index (χ1) is 14.2. The van der Waals surface area contributed by atoms with Gasteiger partial charge in [0.1, 0.15) is 6.04 Å². The van der Waals surface area contributed by atoms with Crippen molar-refractivity contribution in [2.45, 2.75) is 24.3 Å². The third kappa shape index (κ3) is 6.13. The molecule has 3 aromatic carbocycles. The highest BCUT2D eigenvalue weighted by Crippen LogP contribution is 2.21. The number of rotatable bonds is 7. The average Bonchev–Trinajstić information content (AvgIpc) is 2.70. The monoisotopic (exact) mass is 598 g/mol. The molecule has 0 saturated carbocycles. The molecule has 2 N–H and O–H groups in total. The van der Waals surface area contributed by atoms with E-state index in [4.69, 9.17) is 0 Å².